The summed E-state index contributed by atoms with van der Waals surface area (Å²) in [6, 6.07) is 16.4. The van der Waals surface area contributed by atoms with E-state index < -0.39 is 16.1 Å². The van der Waals surface area contributed by atoms with Crippen LogP contribution in [0.3, 0.4) is 0 Å². The van der Waals surface area contributed by atoms with E-state index in [1.165, 1.54) is 4.31 Å². The van der Waals surface area contributed by atoms with Gasteiger partial charge < -0.3 is 18.7 Å². The molecule has 1 saturated heterocycles. The van der Waals surface area contributed by atoms with Gasteiger partial charge in [0.2, 0.25) is 15.8 Å². The summed E-state index contributed by atoms with van der Waals surface area (Å²) in [5.41, 5.74) is 0.729. The molecule has 2 heterocycles. The Kier molecular flexibility index (Phi) is 6.50. The highest BCUT2D eigenvalue weighted by atomic mass is 32.2. The van der Waals surface area contributed by atoms with Crippen LogP contribution >= 0.6 is 0 Å². The van der Waals surface area contributed by atoms with Gasteiger partial charge in [0, 0.05) is 18.7 Å². The highest BCUT2D eigenvalue weighted by molar-refractivity contribution is 7.89. The fourth-order valence-corrected chi connectivity index (χ4v) is 4.45. The van der Waals surface area contributed by atoms with Crippen LogP contribution in [0.2, 0.25) is 0 Å². The zero-order chi connectivity index (χ0) is 21.7. The summed E-state index contributed by atoms with van der Waals surface area (Å²) >= 11 is 0. The zero-order valence-corrected chi connectivity index (χ0v) is 17.8. The van der Waals surface area contributed by atoms with E-state index in [9.17, 15) is 8.42 Å². The average Bonchev–Trinajstić information content (AvgIpc) is 3.30. The molecule has 0 saturated carbocycles. The number of aromatic nitrogens is 2. The summed E-state index contributed by atoms with van der Waals surface area (Å²) in [7, 11) is -1.95. The molecule has 3 aromatic rings. The molecule has 0 aliphatic carbocycles. The molecule has 1 aliphatic rings. The maximum absolute atomic E-state index is 12.8. The maximum Gasteiger partial charge on any atom is 0.257 e. The number of para-hydroxylation sites is 1. The van der Waals surface area contributed by atoms with Crippen LogP contribution < -0.4 is 9.47 Å². The van der Waals surface area contributed by atoms with Crippen molar-refractivity contribution in [1.29, 1.82) is 0 Å². The molecule has 2 aromatic carbocycles. The number of nitrogens with zero attached hydrogens (tertiary/aromatic N) is 3. The molecule has 1 aromatic heterocycles. The molecular weight excluding hydrogens is 422 g/mol. The second-order valence-corrected chi connectivity index (χ2v) is 8.97. The Morgan fingerprint density at radius 1 is 1.13 bits per heavy atom. The van der Waals surface area contributed by atoms with Gasteiger partial charge in [-0.25, -0.2) is 8.42 Å². The number of hydrogen-bond donors (Lipinski definition) is 0. The lowest BCUT2D eigenvalue weighted by Gasteiger charge is -2.30. The van der Waals surface area contributed by atoms with Gasteiger partial charge in [0.15, 0.2) is 6.10 Å². The summed E-state index contributed by atoms with van der Waals surface area (Å²) in [5.74, 6) is 1.79. The van der Waals surface area contributed by atoms with Crippen LogP contribution in [0.15, 0.2) is 59.1 Å². The van der Waals surface area contributed by atoms with Crippen molar-refractivity contribution in [3.8, 4) is 22.9 Å². The van der Waals surface area contributed by atoms with E-state index in [2.05, 4.69) is 10.1 Å². The van der Waals surface area contributed by atoms with Crippen LogP contribution in [0.25, 0.3) is 11.4 Å². The molecule has 0 amide bonds. The van der Waals surface area contributed by atoms with Crippen LogP contribution in [0.1, 0.15) is 12.0 Å². The summed E-state index contributed by atoms with van der Waals surface area (Å²) in [6.45, 7) is 0.670. The number of benzene rings is 2. The number of morpholine rings is 1. The minimum absolute atomic E-state index is 0.0644. The lowest BCUT2D eigenvalue weighted by atomic mass is 10.2. The number of ether oxygens (including phenoxy) is 3. The van der Waals surface area contributed by atoms with Crippen molar-refractivity contribution in [2.45, 2.75) is 6.10 Å². The Hall–Kier alpha value is -2.95. The molecule has 0 radical (unpaired) electrons. The van der Waals surface area contributed by atoms with Crippen molar-refractivity contribution in [2.24, 2.45) is 0 Å². The topological polar surface area (TPSA) is 104 Å². The van der Waals surface area contributed by atoms with Crippen molar-refractivity contribution >= 4 is 10.0 Å². The van der Waals surface area contributed by atoms with E-state index in [0.29, 0.717) is 17.3 Å². The van der Waals surface area contributed by atoms with Gasteiger partial charge in [-0.15, -0.1) is 0 Å². The van der Waals surface area contributed by atoms with Gasteiger partial charge in [-0.2, -0.15) is 9.29 Å². The van der Waals surface area contributed by atoms with Crippen molar-refractivity contribution in [3.63, 3.8) is 0 Å². The molecule has 1 fully saturated rings. The molecule has 31 heavy (non-hydrogen) atoms. The van der Waals surface area contributed by atoms with E-state index >= 15 is 0 Å². The molecule has 1 atom stereocenters. The second-order valence-electron chi connectivity index (χ2n) is 6.88. The van der Waals surface area contributed by atoms with E-state index in [1.807, 2.05) is 36.4 Å². The monoisotopic (exact) mass is 445 g/mol. The summed E-state index contributed by atoms with van der Waals surface area (Å²) in [4.78, 5) is 4.39. The molecule has 0 spiro atoms. The van der Waals surface area contributed by atoms with Crippen LogP contribution in [0.4, 0.5) is 0 Å². The smallest absolute Gasteiger partial charge is 0.257 e. The molecular formula is C21H23N3O6S. The van der Waals surface area contributed by atoms with Crippen molar-refractivity contribution in [1.82, 2.24) is 14.4 Å². The Morgan fingerprint density at radius 3 is 2.74 bits per heavy atom. The van der Waals surface area contributed by atoms with Crippen molar-refractivity contribution < 1.29 is 27.2 Å². The first kappa shape index (κ1) is 21.3. The number of methoxy groups -OCH3 is 1. The lowest BCUT2D eigenvalue weighted by Crippen LogP contribution is -2.44. The van der Waals surface area contributed by atoms with Crippen LogP contribution in [0, 0.1) is 0 Å². The lowest BCUT2D eigenvalue weighted by molar-refractivity contribution is -0.0200. The highest BCUT2D eigenvalue weighted by Crippen LogP contribution is 2.26. The first-order valence-corrected chi connectivity index (χ1v) is 11.4. The highest BCUT2D eigenvalue weighted by Gasteiger charge is 2.33. The third-order valence-corrected chi connectivity index (χ3v) is 6.62. The predicted octanol–water partition coefficient (Wildman–Crippen LogP) is 2.53. The summed E-state index contributed by atoms with van der Waals surface area (Å²) in [5, 5.41) is 4.00. The first-order chi connectivity index (χ1) is 15.0. The van der Waals surface area contributed by atoms with Gasteiger partial charge >= 0.3 is 0 Å². The maximum atomic E-state index is 12.8. The minimum Gasteiger partial charge on any atom is -0.497 e. The van der Waals surface area contributed by atoms with Crippen molar-refractivity contribution in [2.75, 3.05) is 39.2 Å². The Bertz CT molecular complexity index is 1100. The molecule has 4 rings (SSSR count). The fraction of sp³-hybridized carbons (Fsp3) is 0.333. The SMILES string of the molecule is COc1cccc(-c2noc(C3CN(S(=O)(=O)CCOc4ccccc4)CCO3)n2)c1. The Morgan fingerprint density at radius 2 is 1.94 bits per heavy atom. The molecule has 10 heteroatoms. The van der Waals surface area contributed by atoms with Gasteiger partial charge in [0.25, 0.3) is 5.89 Å². The van der Waals surface area contributed by atoms with Gasteiger partial charge in [-0.1, -0.05) is 35.5 Å². The van der Waals surface area contributed by atoms with Crippen LogP contribution in [0.5, 0.6) is 11.5 Å². The van der Waals surface area contributed by atoms with E-state index in [4.69, 9.17) is 18.7 Å². The number of sulfonamides is 1. The Labute approximate surface area is 180 Å². The molecule has 1 unspecified atom stereocenters. The van der Waals surface area contributed by atoms with E-state index in [0.717, 1.165) is 5.56 Å². The zero-order valence-electron chi connectivity index (χ0n) is 17.0. The van der Waals surface area contributed by atoms with Crippen LogP contribution in [-0.2, 0) is 14.8 Å². The quantitative estimate of drug-likeness (QED) is 0.521. The molecule has 1 aliphatic heterocycles. The standard InChI is InChI=1S/C21H23N3O6S/c1-27-18-9-5-6-16(14-18)20-22-21(30-23-20)19-15-24(10-11-29-19)31(25,26)13-12-28-17-7-3-2-4-8-17/h2-9,14,19H,10-13,15H2,1H3. The van der Waals surface area contributed by atoms with Gasteiger partial charge in [0.05, 0.1) is 19.5 Å². The van der Waals surface area contributed by atoms with E-state index in [1.54, 1.807) is 25.3 Å². The van der Waals surface area contributed by atoms with E-state index in [-0.39, 0.29) is 37.9 Å². The molecule has 0 bridgehead atoms. The Balaban J connectivity index is 1.39. The average molecular weight is 445 g/mol. The molecule has 0 N–H and O–H groups in total. The molecule has 164 valence electrons. The number of hydrogen-bond acceptors (Lipinski definition) is 8. The summed E-state index contributed by atoms with van der Waals surface area (Å²) in [6.07, 6.45) is -0.634. The second kappa shape index (κ2) is 9.46. The molecule has 9 nitrogen and oxygen atoms in total. The predicted molar refractivity (Wildman–Crippen MR) is 112 cm³/mol. The van der Waals surface area contributed by atoms with Gasteiger partial charge in [0.1, 0.15) is 18.1 Å². The van der Waals surface area contributed by atoms with Gasteiger partial charge in [-0.05, 0) is 24.3 Å². The van der Waals surface area contributed by atoms with Gasteiger partial charge in [-0.3, -0.25) is 0 Å². The minimum atomic E-state index is -3.53. The number of rotatable bonds is 8. The third kappa shape index (κ3) is 5.22. The fourth-order valence-electron chi connectivity index (χ4n) is 3.18. The summed E-state index contributed by atoms with van der Waals surface area (Å²) < 4.78 is 48.7. The van der Waals surface area contributed by atoms with Crippen molar-refractivity contribution in [3.05, 3.63) is 60.5 Å². The first-order valence-electron chi connectivity index (χ1n) is 9.80. The van der Waals surface area contributed by atoms with Crippen LogP contribution in [-0.4, -0.2) is 62.0 Å². The normalized spacial score (nSPS) is 17.4. The third-order valence-electron chi connectivity index (χ3n) is 4.82. The largest absolute Gasteiger partial charge is 0.497 e.